The normalized spacial score (nSPS) is 21.5. The molecule has 0 radical (unpaired) electrons. The van der Waals surface area contributed by atoms with E-state index in [2.05, 4.69) is 40.2 Å². The van der Waals surface area contributed by atoms with Gasteiger partial charge in [-0.1, -0.05) is 42.0 Å². The highest BCUT2D eigenvalue weighted by Gasteiger charge is 2.33. The maximum atomic E-state index is 13.4. The van der Waals surface area contributed by atoms with Crippen molar-refractivity contribution in [2.45, 2.75) is 44.4 Å². The molecular formula is C22H23ClF2N2O. The third kappa shape index (κ3) is 4.77. The zero-order valence-corrected chi connectivity index (χ0v) is 16.3. The first kappa shape index (κ1) is 19.5. The Balaban J connectivity index is 1.43. The molecule has 3 nitrogen and oxygen atoms in total. The Morgan fingerprint density at radius 1 is 1.18 bits per heavy atom. The van der Waals surface area contributed by atoms with Crippen molar-refractivity contribution in [3.8, 4) is 0 Å². The van der Waals surface area contributed by atoms with E-state index in [0.717, 1.165) is 28.8 Å². The molecule has 0 bridgehead atoms. The Bertz CT molecular complexity index is 844. The highest BCUT2D eigenvalue weighted by atomic mass is 35.5. The van der Waals surface area contributed by atoms with Gasteiger partial charge in [0.25, 0.3) is 5.92 Å². The molecule has 2 aliphatic rings. The van der Waals surface area contributed by atoms with Gasteiger partial charge in [-0.15, -0.1) is 0 Å². The number of ether oxygens (including phenoxy) is 1. The van der Waals surface area contributed by atoms with Crippen molar-refractivity contribution in [1.82, 2.24) is 9.88 Å². The number of halogens is 3. The van der Waals surface area contributed by atoms with E-state index >= 15 is 0 Å². The quantitative estimate of drug-likeness (QED) is 0.644. The standard InChI is InChI=1S/C22H23ClF2N2O/c23-18-6-7-19(26-13-18)15-28-21-3-1-2-17-5-4-16(12-20(17)21)14-27-10-8-22(24,25)9-11-27/h1-2,4-7,12-13,21H,3,8-11,14-15H2. The molecule has 28 heavy (non-hydrogen) atoms. The number of piperidine rings is 1. The summed E-state index contributed by atoms with van der Waals surface area (Å²) in [7, 11) is 0. The smallest absolute Gasteiger partial charge is 0.250 e. The fourth-order valence-electron chi connectivity index (χ4n) is 3.73. The first-order valence-electron chi connectivity index (χ1n) is 9.60. The molecule has 2 aromatic rings. The molecule has 0 amide bonds. The Morgan fingerprint density at radius 2 is 2.00 bits per heavy atom. The molecular weight excluding hydrogens is 382 g/mol. The second kappa shape index (κ2) is 8.27. The zero-order valence-electron chi connectivity index (χ0n) is 15.6. The summed E-state index contributed by atoms with van der Waals surface area (Å²) in [5.74, 6) is -2.51. The molecule has 0 N–H and O–H groups in total. The van der Waals surface area contributed by atoms with Crippen LogP contribution in [-0.4, -0.2) is 28.9 Å². The van der Waals surface area contributed by atoms with Crippen molar-refractivity contribution in [3.63, 3.8) is 0 Å². The number of aromatic nitrogens is 1. The van der Waals surface area contributed by atoms with Crippen LogP contribution in [0.2, 0.25) is 5.02 Å². The summed E-state index contributed by atoms with van der Waals surface area (Å²) in [4.78, 5) is 6.38. The molecule has 1 saturated heterocycles. The lowest BCUT2D eigenvalue weighted by Crippen LogP contribution is -2.38. The molecule has 148 valence electrons. The van der Waals surface area contributed by atoms with Crippen LogP contribution in [0.1, 0.15) is 47.8 Å². The second-order valence-electron chi connectivity index (χ2n) is 7.50. The van der Waals surface area contributed by atoms with E-state index in [9.17, 15) is 8.78 Å². The number of nitrogens with zero attached hydrogens (tertiary/aromatic N) is 2. The SMILES string of the molecule is FC1(F)CCN(Cc2ccc3c(c2)C(OCc2ccc(Cl)cn2)CC=C3)CC1. The van der Waals surface area contributed by atoms with Crippen LogP contribution < -0.4 is 0 Å². The largest absolute Gasteiger partial charge is 0.367 e. The predicted molar refractivity (Wildman–Crippen MR) is 106 cm³/mol. The molecule has 6 heteroatoms. The summed E-state index contributed by atoms with van der Waals surface area (Å²) in [6, 6.07) is 10.0. The molecule has 2 heterocycles. The Hall–Kier alpha value is -1.82. The molecule has 1 atom stereocenters. The van der Waals surface area contributed by atoms with Crippen molar-refractivity contribution in [1.29, 1.82) is 0 Å². The molecule has 0 spiro atoms. The number of hydrogen-bond acceptors (Lipinski definition) is 3. The molecule has 1 aliphatic carbocycles. The Kier molecular flexibility index (Phi) is 5.76. The van der Waals surface area contributed by atoms with Crippen molar-refractivity contribution in [3.05, 3.63) is 70.0 Å². The van der Waals surface area contributed by atoms with Gasteiger partial charge in [0.1, 0.15) is 0 Å². The van der Waals surface area contributed by atoms with Crippen molar-refractivity contribution < 1.29 is 13.5 Å². The fraction of sp³-hybridized carbons (Fsp3) is 0.409. The zero-order chi connectivity index (χ0) is 19.6. The number of rotatable bonds is 5. The van der Waals surface area contributed by atoms with E-state index in [-0.39, 0.29) is 18.9 Å². The van der Waals surface area contributed by atoms with Gasteiger partial charge in [-0.3, -0.25) is 9.88 Å². The molecule has 1 unspecified atom stereocenters. The molecule has 1 fully saturated rings. The third-order valence-corrected chi connectivity index (χ3v) is 5.58. The monoisotopic (exact) mass is 404 g/mol. The Morgan fingerprint density at radius 3 is 2.75 bits per heavy atom. The summed E-state index contributed by atoms with van der Waals surface area (Å²) in [6.45, 7) is 1.98. The minimum absolute atomic E-state index is 0.0388. The van der Waals surface area contributed by atoms with Crippen molar-refractivity contribution in [2.75, 3.05) is 13.1 Å². The van der Waals surface area contributed by atoms with Crippen LogP contribution in [0.3, 0.4) is 0 Å². The maximum Gasteiger partial charge on any atom is 0.250 e. The van der Waals surface area contributed by atoms with Crippen molar-refractivity contribution in [2.24, 2.45) is 0 Å². The van der Waals surface area contributed by atoms with Crippen LogP contribution in [0.5, 0.6) is 0 Å². The van der Waals surface area contributed by atoms with Gasteiger partial charge in [-0.2, -0.15) is 0 Å². The van der Waals surface area contributed by atoms with Gasteiger partial charge in [-0.25, -0.2) is 8.78 Å². The van der Waals surface area contributed by atoms with Crippen LogP contribution in [0.15, 0.2) is 42.6 Å². The summed E-state index contributed by atoms with van der Waals surface area (Å²) in [5, 5.41) is 0.606. The lowest BCUT2D eigenvalue weighted by molar-refractivity contribution is -0.0566. The van der Waals surface area contributed by atoms with Crippen molar-refractivity contribution >= 4 is 17.7 Å². The fourth-order valence-corrected chi connectivity index (χ4v) is 3.84. The van der Waals surface area contributed by atoms with Crippen LogP contribution in [0.4, 0.5) is 8.78 Å². The minimum Gasteiger partial charge on any atom is -0.367 e. The number of hydrogen-bond donors (Lipinski definition) is 0. The summed E-state index contributed by atoms with van der Waals surface area (Å²) < 4.78 is 32.9. The minimum atomic E-state index is -2.51. The summed E-state index contributed by atoms with van der Waals surface area (Å²) >= 11 is 5.88. The summed E-state index contributed by atoms with van der Waals surface area (Å²) in [5.41, 5.74) is 4.27. The topological polar surface area (TPSA) is 25.4 Å². The van der Waals surface area contributed by atoms with Crippen LogP contribution in [0.25, 0.3) is 6.08 Å². The molecule has 0 saturated carbocycles. The van der Waals surface area contributed by atoms with E-state index in [4.69, 9.17) is 16.3 Å². The van der Waals surface area contributed by atoms with Gasteiger partial charge in [0, 0.05) is 38.7 Å². The highest BCUT2D eigenvalue weighted by Crippen LogP contribution is 2.33. The van der Waals surface area contributed by atoms with E-state index in [1.165, 1.54) is 0 Å². The first-order valence-corrected chi connectivity index (χ1v) is 9.98. The lowest BCUT2D eigenvalue weighted by atomic mass is 9.92. The van der Waals surface area contributed by atoms with E-state index in [0.29, 0.717) is 31.3 Å². The maximum absolute atomic E-state index is 13.4. The molecule has 1 aromatic heterocycles. The third-order valence-electron chi connectivity index (χ3n) is 5.36. The highest BCUT2D eigenvalue weighted by molar-refractivity contribution is 6.30. The van der Waals surface area contributed by atoms with Crippen LogP contribution in [0, 0.1) is 0 Å². The van der Waals surface area contributed by atoms with Gasteiger partial charge in [-0.05, 0) is 35.2 Å². The first-order chi connectivity index (χ1) is 13.5. The van der Waals surface area contributed by atoms with Crippen LogP contribution in [-0.2, 0) is 17.9 Å². The van der Waals surface area contributed by atoms with Gasteiger partial charge >= 0.3 is 0 Å². The molecule has 1 aliphatic heterocycles. The average molecular weight is 405 g/mol. The van der Waals surface area contributed by atoms with Gasteiger partial charge in [0.2, 0.25) is 0 Å². The number of fused-ring (bicyclic) bond motifs is 1. The van der Waals surface area contributed by atoms with Gasteiger partial charge < -0.3 is 4.74 Å². The van der Waals surface area contributed by atoms with Gasteiger partial charge in [0.05, 0.1) is 23.4 Å². The second-order valence-corrected chi connectivity index (χ2v) is 7.94. The van der Waals surface area contributed by atoms with E-state index < -0.39 is 5.92 Å². The Labute approximate surface area is 169 Å². The lowest BCUT2D eigenvalue weighted by Gasteiger charge is -2.32. The molecule has 4 rings (SSSR count). The van der Waals surface area contributed by atoms with Crippen LogP contribution >= 0.6 is 11.6 Å². The summed E-state index contributed by atoms with van der Waals surface area (Å²) in [6.07, 6.45) is 6.51. The predicted octanol–water partition coefficient (Wildman–Crippen LogP) is 5.64. The van der Waals surface area contributed by atoms with Gasteiger partial charge in [0.15, 0.2) is 0 Å². The molecule has 1 aromatic carbocycles. The van der Waals surface area contributed by atoms with E-state index in [1.807, 2.05) is 12.1 Å². The van der Waals surface area contributed by atoms with E-state index in [1.54, 1.807) is 6.20 Å². The average Bonchev–Trinajstić information content (AvgIpc) is 2.69. The number of alkyl halides is 2. The number of pyridine rings is 1. The number of benzene rings is 1. The number of likely N-dealkylation sites (tertiary alicyclic amines) is 1.